The Hall–Kier alpha value is -2.13. The highest BCUT2D eigenvalue weighted by atomic mass is 16.5. The Morgan fingerprint density at radius 2 is 1.45 bits per heavy atom. The molecule has 2 aromatic rings. The molecule has 0 heterocycles. The largest absolute Gasteiger partial charge is 0.469 e. The molecule has 0 aliphatic rings. The summed E-state index contributed by atoms with van der Waals surface area (Å²) < 4.78 is 4.73. The van der Waals surface area contributed by atoms with Crippen molar-refractivity contribution >= 4 is 5.97 Å². The van der Waals surface area contributed by atoms with E-state index in [1.807, 2.05) is 48.5 Å². The van der Waals surface area contributed by atoms with E-state index < -0.39 is 0 Å². The summed E-state index contributed by atoms with van der Waals surface area (Å²) in [5.74, 6) is -0.243. The van der Waals surface area contributed by atoms with E-state index in [1.165, 1.54) is 7.11 Å². The Bertz CT molecular complexity index is 590. The molecule has 2 aromatic carbocycles. The number of aliphatic hydroxyl groups excluding tert-OH is 1. The molecule has 3 heteroatoms. The van der Waals surface area contributed by atoms with Gasteiger partial charge < -0.3 is 9.84 Å². The van der Waals surface area contributed by atoms with E-state index in [0.29, 0.717) is 6.42 Å². The maximum absolute atomic E-state index is 11.4. The SMILES string of the molecule is COC(=O)Cc1ccccc1Cc1ccccc1CO. The number of hydrogen-bond acceptors (Lipinski definition) is 3. The predicted octanol–water partition coefficient (Wildman–Crippen LogP) is 2.49. The van der Waals surface area contributed by atoms with Crippen LogP contribution < -0.4 is 0 Å². The molecular formula is C17H18O3. The van der Waals surface area contributed by atoms with Crippen LogP contribution in [-0.4, -0.2) is 18.2 Å². The lowest BCUT2D eigenvalue weighted by Crippen LogP contribution is -2.07. The average Bonchev–Trinajstić information content (AvgIpc) is 2.49. The van der Waals surface area contributed by atoms with Gasteiger partial charge >= 0.3 is 5.97 Å². The number of aliphatic hydroxyl groups is 1. The van der Waals surface area contributed by atoms with Crippen molar-refractivity contribution < 1.29 is 14.6 Å². The molecule has 0 saturated heterocycles. The quantitative estimate of drug-likeness (QED) is 0.849. The number of carbonyl (C=O) groups is 1. The van der Waals surface area contributed by atoms with E-state index in [1.54, 1.807) is 0 Å². The molecule has 0 atom stereocenters. The van der Waals surface area contributed by atoms with Gasteiger partial charge in [-0.25, -0.2) is 0 Å². The average molecular weight is 270 g/mol. The monoisotopic (exact) mass is 270 g/mol. The second kappa shape index (κ2) is 6.87. The van der Waals surface area contributed by atoms with Crippen LogP contribution in [0.4, 0.5) is 0 Å². The molecule has 0 amide bonds. The number of rotatable bonds is 5. The van der Waals surface area contributed by atoms with Crippen LogP contribution in [0.5, 0.6) is 0 Å². The molecule has 0 unspecified atom stereocenters. The molecule has 0 fully saturated rings. The lowest BCUT2D eigenvalue weighted by atomic mass is 9.95. The summed E-state index contributed by atoms with van der Waals surface area (Å²) in [6, 6.07) is 15.6. The van der Waals surface area contributed by atoms with Gasteiger partial charge in [0.15, 0.2) is 0 Å². The van der Waals surface area contributed by atoms with E-state index in [9.17, 15) is 9.90 Å². The standard InChI is InChI=1S/C17H18O3/c1-20-17(19)11-15-8-3-2-6-13(15)10-14-7-4-5-9-16(14)12-18/h2-9,18H,10-12H2,1H3. The number of esters is 1. The summed E-state index contributed by atoms with van der Waals surface area (Å²) in [6.45, 7) is 0.0232. The summed E-state index contributed by atoms with van der Waals surface area (Å²) in [4.78, 5) is 11.4. The van der Waals surface area contributed by atoms with Crippen molar-refractivity contribution in [3.63, 3.8) is 0 Å². The molecule has 0 bridgehead atoms. The maximum atomic E-state index is 11.4. The molecule has 0 aliphatic heterocycles. The highest BCUT2D eigenvalue weighted by Gasteiger charge is 2.09. The van der Waals surface area contributed by atoms with Gasteiger partial charge in [-0.05, 0) is 28.7 Å². The van der Waals surface area contributed by atoms with Crippen LogP contribution in [0.1, 0.15) is 22.3 Å². The van der Waals surface area contributed by atoms with Gasteiger partial charge in [-0.2, -0.15) is 0 Å². The second-order valence-electron chi connectivity index (χ2n) is 4.63. The van der Waals surface area contributed by atoms with Gasteiger partial charge in [0.2, 0.25) is 0 Å². The van der Waals surface area contributed by atoms with Gasteiger partial charge in [0.1, 0.15) is 0 Å². The van der Waals surface area contributed by atoms with Crippen LogP contribution in [0.25, 0.3) is 0 Å². The minimum Gasteiger partial charge on any atom is -0.469 e. The first kappa shape index (κ1) is 14.3. The Morgan fingerprint density at radius 1 is 0.950 bits per heavy atom. The summed E-state index contributed by atoms with van der Waals surface area (Å²) in [5.41, 5.74) is 4.04. The smallest absolute Gasteiger partial charge is 0.309 e. The topological polar surface area (TPSA) is 46.5 Å². The lowest BCUT2D eigenvalue weighted by molar-refractivity contribution is -0.139. The third-order valence-corrected chi connectivity index (χ3v) is 3.35. The normalized spacial score (nSPS) is 10.3. The molecule has 0 spiro atoms. The number of carbonyl (C=O) groups excluding carboxylic acids is 1. The predicted molar refractivity (Wildman–Crippen MR) is 77.3 cm³/mol. The zero-order chi connectivity index (χ0) is 14.4. The van der Waals surface area contributed by atoms with Crippen LogP contribution >= 0.6 is 0 Å². The van der Waals surface area contributed by atoms with Crippen LogP contribution in [0.15, 0.2) is 48.5 Å². The van der Waals surface area contributed by atoms with Gasteiger partial charge in [0.25, 0.3) is 0 Å². The van der Waals surface area contributed by atoms with Crippen LogP contribution in [-0.2, 0) is 29.0 Å². The Balaban J connectivity index is 2.27. The van der Waals surface area contributed by atoms with Gasteiger partial charge in [0, 0.05) is 0 Å². The third-order valence-electron chi connectivity index (χ3n) is 3.35. The third kappa shape index (κ3) is 3.45. The van der Waals surface area contributed by atoms with Crippen molar-refractivity contribution in [2.45, 2.75) is 19.4 Å². The minimum absolute atomic E-state index is 0.0232. The first-order chi connectivity index (χ1) is 9.74. The number of hydrogen-bond donors (Lipinski definition) is 1. The fraction of sp³-hybridized carbons (Fsp3) is 0.235. The van der Waals surface area contributed by atoms with E-state index in [2.05, 4.69) is 0 Å². The van der Waals surface area contributed by atoms with Crippen LogP contribution in [0.3, 0.4) is 0 Å². The maximum Gasteiger partial charge on any atom is 0.309 e. The second-order valence-corrected chi connectivity index (χ2v) is 4.63. The molecule has 104 valence electrons. The van der Waals surface area contributed by atoms with Crippen molar-refractivity contribution in [1.82, 2.24) is 0 Å². The van der Waals surface area contributed by atoms with Crippen molar-refractivity contribution in [2.24, 2.45) is 0 Å². The summed E-state index contributed by atoms with van der Waals surface area (Å²) in [5, 5.41) is 9.38. The number of ether oxygens (including phenoxy) is 1. The van der Waals surface area contributed by atoms with E-state index in [0.717, 1.165) is 22.3 Å². The molecule has 0 aliphatic carbocycles. The molecule has 20 heavy (non-hydrogen) atoms. The Labute approximate surface area is 118 Å². The molecule has 0 saturated carbocycles. The molecular weight excluding hydrogens is 252 g/mol. The highest BCUT2D eigenvalue weighted by Crippen LogP contribution is 2.18. The van der Waals surface area contributed by atoms with Gasteiger partial charge in [-0.1, -0.05) is 48.5 Å². The molecule has 0 radical (unpaired) electrons. The van der Waals surface area contributed by atoms with Crippen molar-refractivity contribution in [3.8, 4) is 0 Å². The van der Waals surface area contributed by atoms with E-state index >= 15 is 0 Å². The van der Waals surface area contributed by atoms with E-state index in [-0.39, 0.29) is 19.0 Å². The molecule has 0 aromatic heterocycles. The Morgan fingerprint density at radius 3 is 2.00 bits per heavy atom. The van der Waals surface area contributed by atoms with Gasteiger partial charge in [-0.15, -0.1) is 0 Å². The van der Waals surface area contributed by atoms with Crippen molar-refractivity contribution in [1.29, 1.82) is 0 Å². The van der Waals surface area contributed by atoms with Crippen LogP contribution in [0.2, 0.25) is 0 Å². The zero-order valence-corrected chi connectivity index (χ0v) is 11.5. The lowest BCUT2D eigenvalue weighted by Gasteiger charge is -2.11. The Kier molecular flexibility index (Phi) is 4.91. The molecule has 1 N–H and O–H groups in total. The number of benzene rings is 2. The van der Waals surface area contributed by atoms with Gasteiger partial charge in [-0.3, -0.25) is 4.79 Å². The first-order valence-corrected chi connectivity index (χ1v) is 6.56. The highest BCUT2D eigenvalue weighted by molar-refractivity contribution is 5.73. The first-order valence-electron chi connectivity index (χ1n) is 6.56. The van der Waals surface area contributed by atoms with E-state index in [4.69, 9.17) is 4.74 Å². The fourth-order valence-corrected chi connectivity index (χ4v) is 2.22. The molecule has 2 rings (SSSR count). The summed E-state index contributed by atoms with van der Waals surface area (Å²) in [6.07, 6.45) is 0.970. The zero-order valence-electron chi connectivity index (χ0n) is 11.5. The van der Waals surface area contributed by atoms with Crippen molar-refractivity contribution in [3.05, 3.63) is 70.8 Å². The fourth-order valence-electron chi connectivity index (χ4n) is 2.22. The minimum atomic E-state index is -0.243. The summed E-state index contributed by atoms with van der Waals surface area (Å²) in [7, 11) is 1.39. The van der Waals surface area contributed by atoms with Crippen molar-refractivity contribution in [2.75, 3.05) is 7.11 Å². The van der Waals surface area contributed by atoms with Gasteiger partial charge in [0.05, 0.1) is 20.1 Å². The molecule has 3 nitrogen and oxygen atoms in total. The van der Waals surface area contributed by atoms with Crippen LogP contribution in [0, 0.1) is 0 Å². The number of methoxy groups -OCH3 is 1. The summed E-state index contributed by atoms with van der Waals surface area (Å²) >= 11 is 0.